The van der Waals surface area contributed by atoms with Crippen LogP contribution < -0.4 is 0 Å². The number of benzene rings is 9. The zero-order valence-corrected chi connectivity index (χ0v) is 31.1. The van der Waals surface area contributed by atoms with E-state index in [1.165, 1.54) is 98.6 Å². The Morgan fingerprint density at radius 3 is 1.95 bits per heavy atom. The van der Waals surface area contributed by atoms with Gasteiger partial charge >= 0.3 is 0 Å². The molecule has 0 aliphatic heterocycles. The number of rotatable bonds is 5. The van der Waals surface area contributed by atoms with Gasteiger partial charge in [0.05, 0.1) is 11.0 Å². The molecule has 55 heavy (non-hydrogen) atoms. The second-order valence-corrected chi connectivity index (χ2v) is 15.7. The van der Waals surface area contributed by atoms with Crippen LogP contribution in [0.1, 0.15) is 41.7 Å². The molecule has 0 saturated carbocycles. The first kappa shape index (κ1) is 31.8. The predicted molar refractivity (Wildman–Crippen MR) is 235 cm³/mol. The van der Waals surface area contributed by atoms with Gasteiger partial charge in [-0.15, -0.1) is 0 Å². The van der Waals surface area contributed by atoms with Gasteiger partial charge in [0.2, 0.25) is 0 Å². The van der Waals surface area contributed by atoms with Crippen LogP contribution in [-0.4, -0.2) is 4.57 Å². The molecule has 0 atom stereocenters. The van der Waals surface area contributed by atoms with E-state index >= 15 is 0 Å². The van der Waals surface area contributed by atoms with Gasteiger partial charge in [-0.1, -0.05) is 184 Å². The van der Waals surface area contributed by atoms with Gasteiger partial charge < -0.3 is 4.57 Å². The maximum atomic E-state index is 2.51. The van der Waals surface area contributed by atoms with E-state index in [4.69, 9.17) is 0 Å². The van der Waals surface area contributed by atoms with Gasteiger partial charge in [-0.05, 0) is 96.1 Å². The first-order valence-corrected chi connectivity index (χ1v) is 19.4. The molecule has 1 heterocycles. The fourth-order valence-corrected chi connectivity index (χ4v) is 9.60. The monoisotopic (exact) mass is 701 g/mol. The maximum absolute atomic E-state index is 2.51. The van der Waals surface area contributed by atoms with Crippen LogP contribution in [0, 0.1) is 0 Å². The van der Waals surface area contributed by atoms with Crippen LogP contribution in [0.4, 0.5) is 0 Å². The third-order valence-electron chi connectivity index (χ3n) is 12.2. The van der Waals surface area contributed by atoms with E-state index in [1.807, 2.05) is 0 Å². The highest BCUT2D eigenvalue weighted by Crippen LogP contribution is 2.49. The van der Waals surface area contributed by atoms with Gasteiger partial charge in [0.15, 0.2) is 0 Å². The van der Waals surface area contributed by atoms with Crippen LogP contribution in [0.25, 0.3) is 82.6 Å². The van der Waals surface area contributed by atoms with Crippen LogP contribution in [0.5, 0.6) is 0 Å². The molecule has 0 saturated heterocycles. The molecule has 0 N–H and O–H groups in total. The smallest absolute Gasteiger partial charge is 0.0626 e. The predicted octanol–water partition coefficient (Wildman–Crippen LogP) is 14.3. The van der Waals surface area contributed by atoms with E-state index in [0.717, 1.165) is 12.1 Å². The fourth-order valence-electron chi connectivity index (χ4n) is 9.60. The molecule has 9 aromatic carbocycles. The van der Waals surface area contributed by atoms with E-state index in [-0.39, 0.29) is 5.41 Å². The highest BCUT2D eigenvalue weighted by molar-refractivity contribution is 6.35. The van der Waals surface area contributed by atoms with Crippen LogP contribution in [0.2, 0.25) is 0 Å². The van der Waals surface area contributed by atoms with E-state index in [2.05, 4.69) is 206 Å². The van der Waals surface area contributed by atoms with Crippen molar-refractivity contribution in [3.8, 4) is 16.8 Å². The Morgan fingerprint density at radius 2 is 1.15 bits per heavy atom. The SMILES string of the molecule is CC1(C)c2ccccc2-c2ccc(CC(=Cc3ccccc3)c3ccc(-n4c5ccc6ccccc6c5c5c6ccccc6c6ccccc6c54)cc3)cc21. The van der Waals surface area contributed by atoms with E-state index in [0.29, 0.717) is 0 Å². The van der Waals surface area contributed by atoms with Gasteiger partial charge in [0.1, 0.15) is 0 Å². The molecule has 1 heteroatoms. The Balaban J connectivity index is 1.09. The van der Waals surface area contributed by atoms with Crippen molar-refractivity contribution in [3.05, 3.63) is 210 Å². The van der Waals surface area contributed by atoms with Crippen molar-refractivity contribution in [1.82, 2.24) is 4.57 Å². The van der Waals surface area contributed by atoms with Crippen molar-refractivity contribution in [2.45, 2.75) is 25.7 Å². The lowest BCUT2D eigenvalue weighted by molar-refractivity contribution is 0.659. The summed E-state index contributed by atoms with van der Waals surface area (Å²) in [4.78, 5) is 0. The maximum Gasteiger partial charge on any atom is 0.0626 e. The molecule has 1 aliphatic carbocycles. The quantitative estimate of drug-likeness (QED) is 0.124. The third-order valence-corrected chi connectivity index (χ3v) is 12.2. The van der Waals surface area contributed by atoms with E-state index in [1.54, 1.807) is 0 Å². The van der Waals surface area contributed by atoms with Crippen molar-refractivity contribution >= 4 is 65.8 Å². The van der Waals surface area contributed by atoms with Crippen molar-refractivity contribution in [1.29, 1.82) is 0 Å². The molecule has 0 spiro atoms. The molecule has 1 aliphatic rings. The molecular weight excluding hydrogens is 663 g/mol. The number of fused-ring (bicyclic) bond motifs is 13. The second-order valence-electron chi connectivity index (χ2n) is 15.7. The van der Waals surface area contributed by atoms with Gasteiger partial charge in [0, 0.05) is 27.3 Å². The van der Waals surface area contributed by atoms with Crippen molar-refractivity contribution in [2.75, 3.05) is 0 Å². The lowest BCUT2D eigenvalue weighted by Gasteiger charge is -2.22. The summed E-state index contributed by atoms with van der Waals surface area (Å²) in [5.74, 6) is 0. The third kappa shape index (κ3) is 4.86. The summed E-state index contributed by atoms with van der Waals surface area (Å²) < 4.78 is 2.51. The second kappa shape index (κ2) is 12.2. The Hall–Kier alpha value is -6.70. The Kier molecular flexibility index (Phi) is 7.03. The van der Waals surface area contributed by atoms with Crippen molar-refractivity contribution in [2.24, 2.45) is 0 Å². The summed E-state index contributed by atoms with van der Waals surface area (Å²) in [6, 6.07) is 67.4. The number of hydrogen-bond acceptors (Lipinski definition) is 0. The molecular formula is C54H39N. The fraction of sp³-hybridized carbons (Fsp3) is 0.0741. The van der Waals surface area contributed by atoms with Gasteiger partial charge in [-0.3, -0.25) is 0 Å². The van der Waals surface area contributed by atoms with Crippen LogP contribution >= 0.6 is 0 Å². The molecule has 0 unspecified atom stereocenters. The van der Waals surface area contributed by atoms with Gasteiger partial charge in [-0.2, -0.15) is 0 Å². The van der Waals surface area contributed by atoms with Crippen molar-refractivity contribution < 1.29 is 0 Å². The summed E-state index contributed by atoms with van der Waals surface area (Å²) in [7, 11) is 0. The van der Waals surface area contributed by atoms with Gasteiger partial charge in [0.25, 0.3) is 0 Å². The lowest BCUT2D eigenvalue weighted by Crippen LogP contribution is -2.15. The van der Waals surface area contributed by atoms with Crippen molar-refractivity contribution in [3.63, 3.8) is 0 Å². The Morgan fingerprint density at radius 1 is 0.509 bits per heavy atom. The topological polar surface area (TPSA) is 4.93 Å². The normalized spacial score (nSPS) is 13.6. The highest BCUT2D eigenvalue weighted by Gasteiger charge is 2.35. The number of hydrogen-bond donors (Lipinski definition) is 0. The van der Waals surface area contributed by atoms with Crippen LogP contribution in [-0.2, 0) is 11.8 Å². The minimum Gasteiger partial charge on any atom is -0.309 e. The lowest BCUT2D eigenvalue weighted by atomic mass is 9.81. The Labute approximate surface area is 321 Å². The number of aromatic nitrogens is 1. The molecule has 0 radical (unpaired) electrons. The van der Waals surface area contributed by atoms with Crippen LogP contribution in [0.15, 0.2) is 182 Å². The molecule has 10 aromatic rings. The summed E-state index contributed by atoms with van der Waals surface area (Å²) in [6.45, 7) is 4.73. The molecule has 0 bridgehead atoms. The summed E-state index contributed by atoms with van der Waals surface area (Å²) in [5.41, 5.74) is 14.3. The molecule has 0 fully saturated rings. The standard InChI is InChI=1S/C54H39N/c1-54(2)48-23-13-12-20-44(48)45-30-24-36(34-49(45)54)33-39(32-35-14-4-3-5-15-35)37-25-28-40(29-26-37)55-50-31-27-38-16-6-7-17-41(38)51(50)52-46-21-10-8-18-42(46)43-19-9-11-22-47(43)53(52)55/h3-32,34H,33H2,1-2H3. The Bertz CT molecular complexity index is 3170. The molecule has 1 aromatic heterocycles. The minimum absolute atomic E-state index is 0.0317. The average molecular weight is 702 g/mol. The largest absolute Gasteiger partial charge is 0.309 e. The molecule has 260 valence electrons. The van der Waals surface area contributed by atoms with E-state index in [9.17, 15) is 0 Å². The number of nitrogens with zero attached hydrogens (tertiary/aromatic N) is 1. The first-order valence-electron chi connectivity index (χ1n) is 19.4. The average Bonchev–Trinajstić information content (AvgIpc) is 3.71. The summed E-state index contributed by atoms with van der Waals surface area (Å²) in [5, 5.41) is 10.3. The van der Waals surface area contributed by atoms with Gasteiger partial charge in [-0.25, -0.2) is 0 Å². The van der Waals surface area contributed by atoms with E-state index < -0.39 is 0 Å². The minimum atomic E-state index is -0.0317. The summed E-state index contributed by atoms with van der Waals surface area (Å²) in [6.07, 6.45) is 3.21. The molecule has 1 nitrogen and oxygen atoms in total. The highest BCUT2D eigenvalue weighted by atomic mass is 15.0. The first-order chi connectivity index (χ1) is 27.0. The summed E-state index contributed by atoms with van der Waals surface area (Å²) >= 11 is 0. The molecule has 0 amide bonds. The van der Waals surface area contributed by atoms with Crippen LogP contribution in [0.3, 0.4) is 0 Å². The zero-order valence-electron chi connectivity index (χ0n) is 31.1. The number of allylic oxidation sites excluding steroid dienone is 1. The zero-order chi connectivity index (χ0) is 36.7. The molecule has 11 rings (SSSR count).